The van der Waals surface area contributed by atoms with Crippen molar-refractivity contribution in [2.24, 2.45) is 5.92 Å². The topological polar surface area (TPSA) is 109 Å². The first-order chi connectivity index (χ1) is 18.3. The Labute approximate surface area is 219 Å². The zero-order valence-electron chi connectivity index (χ0n) is 21.0. The first-order valence-corrected chi connectivity index (χ1v) is 12.7. The van der Waals surface area contributed by atoms with Crippen LogP contribution in [0.25, 0.3) is 0 Å². The highest BCUT2D eigenvalue weighted by atomic mass is 19.3. The van der Waals surface area contributed by atoms with E-state index in [4.69, 9.17) is 9.39 Å². The van der Waals surface area contributed by atoms with Crippen molar-refractivity contribution in [3.63, 3.8) is 0 Å². The summed E-state index contributed by atoms with van der Waals surface area (Å²) in [7, 11) is -0.949. The molecule has 1 aliphatic carbocycles. The zero-order chi connectivity index (χ0) is 26.8. The van der Waals surface area contributed by atoms with Gasteiger partial charge in [0, 0.05) is 37.7 Å². The average molecular weight is 529 g/mol. The Morgan fingerprint density at radius 3 is 2.76 bits per heavy atom. The SMILES string of the molecule is CC(=O)N1CC(c2ccc(OC(F)F)c(OCC3CC3)c2)C[C@@H]1CNC(=O)Nc1ccc2c(c1)COB2O. The second-order valence-electron chi connectivity index (χ2n) is 10.0. The third-order valence-electron chi connectivity index (χ3n) is 7.21. The molecule has 9 nitrogen and oxygen atoms in total. The number of rotatable bonds is 9. The quantitative estimate of drug-likeness (QED) is 0.432. The second-order valence-corrected chi connectivity index (χ2v) is 10.0. The number of nitrogens with zero attached hydrogens (tertiary/aromatic N) is 1. The highest BCUT2D eigenvalue weighted by molar-refractivity contribution is 6.61. The summed E-state index contributed by atoms with van der Waals surface area (Å²) in [4.78, 5) is 26.6. The Bertz CT molecular complexity index is 1200. The van der Waals surface area contributed by atoms with Gasteiger partial charge in [0.2, 0.25) is 5.91 Å². The minimum absolute atomic E-state index is 0.00617. The number of hydrogen-bond donors (Lipinski definition) is 3. The van der Waals surface area contributed by atoms with E-state index in [0.717, 1.165) is 24.0 Å². The molecule has 12 heteroatoms. The van der Waals surface area contributed by atoms with Gasteiger partial charge in [-0.1, -0.05) is 12.1 Å². The molecule has 0 aromatic heterocycles. The number of halogens is 2. The molecule has 3 aliphatic rings. The van der Waals surface area contributed by atoms with E-state index < -0.39 is 19.8 Å². The number of likely N-dealkylation sites (tertiary alicyclic amines) is 1. The smallest absolute Gasteiger partial charge is 0.489 e. The first kappa shape index (κ1) is 26.2. The molecule has 0 radical (unpaired) electrons. The molecule has 202 valence electrons. The summed E-state index contributed by atoms with van der Waals surface area (Å²) in [5, 5.41) is 15.4. The van der Waals surface area contributed by atoms with Crippen molar-refractivity contribution in [3.05, 3.63) is 47.5 Å². The molecule has 5 rings (SSSR count). The second kappa shape index (κ2) is 11.2. The minimum atomic E-state index is -2.96. The summed E-state index contributed by atoms with van der Waals surface area (Å²) >= 11 is 0. The number of carbonyl (C=O) groups excluding carboxylic acids is 2. The molecule has 1 unspecified atom stereocenters. The molecule has 2 heterocycles. The van der Waals surface area contributed by atoms with Gasteiger partial charge in [0.25, 0.3) is 0 Å². The van der Waals surface area contributed by atoms with Crippen LogP contribution in [0.3, 0.4) is 0 Å². The van der Waals surface area contributed by atoms with Gasteiger partial charge in [0.05, 0.1) is 13.2 Å². The van der Waals surface area contributed by atoms with Crippen molar-refractivity contribution in [2.75, 3.05) is 25.0 Å². The number of ether oxygens (including phenoxy) is 2. The summed E-state index contributed by atoms with van der Waals surface area (Å²) in [6.07, 6.45) is 2.71. The lowest BCUT2D eigenvalue weighted by Gasteiger charge is -2.23. The Balaban J connectivity index is 1.22. The van der Waals surface area contributed by atoms with Crippen LogP contribution in [-0.4, -0.2) is 61.3 Å². The summed E-state index contributed by atoms with van der Waals surface area (Å²) in [6.45, 7) is -0.0673. The monoisotopic (exact) mass is 529 g/mol. The van der Waals surface area contributed by atoms with Gasteiger partial charge in [-0.15, -0.1) is 0 Å². The fourth-order valence-corrected chi connectivity index (χ4v) is 5.01. The lowest BCUT2D eigenvalue weighted by atomic mass is 9.79. The van der Waals surface area contributed by atoms with E-state index in [1.165, 1.54) is 13.0 Å². The standard InChI is InChI=1S/C26H30BF2N3O6/c1-15(33)32-12-18(17-4-7-23(38-25(28)29)24(10-17)36-13-16-2-3-16)9-21(32)11-30-26(34)31-20-5-6-22-19(8-20)14-37-27(22)35/h4-8,10,16,18,21,25,35H,2-3,9,11-14H2,1H3,(H2,30,31,34)/t18?,21-/m1/s1. The normalized spacial score (nSPS) is 20.4. The molecule has 1 saturated heterocycles. The summed E-state index contributed by atoms with van der Waals surface area (Å²) in [6, 6.07) is 9.43. The molecular formula is C26H30BF2N3O6. The van der Waals surface area contributed by atoms with Crippen LogP contribution in [0.4, 0.5) is 19.3 Å². The molecule has 3 N–H and O–H groups in total. The van der Waals surface area contributed by atoms with Crippen LogP contribution in [0.5, 0.6) is 11.5 Å². The van der Waals surface area contributed by atoms with Crippen LogP contribution in [0.2, 0.25) is 0 Å². The highest BCUT2D eigenvalue weighted by Gasteiger charge is 2.35. The van der Waals surface area contributed by atoms with E-state index in [2.05, 4.69) is 15.4 Å². The third-order valence-corrected chi connectivity index (χ3v) is 7.21. The fourth-order valence-electron chi connectivity index (χ4n) is 5.01. The van der Waals surface area contributed by atoms with E-state index in [0.29, 0.717) is 36.6 Å². The van der Waals surface area contributed by atoms with Crippen molar-refractivity contribution >= 4 is 30.2 Å². The molecule has 2 atom stereocenters. The number of carbonyl (C=O) groups is 2. The number of anilines is 1. The van der Waals surface area contributed by atoms with E-state index in [-0.39, 0.29) is 42.5 Å². The first-order valence-electron chi connectivity index (χ1n) is 12.7. The number of alkyl halides is 2. The van der Waals surface area contributed by atoms with E-state index in [9.17, 15) is 23.4 Å². The maximum atomic E-state index is 12.9. The Morgan fingerprint density at radius 1 is 1.21 bits per heavy atom. The van der Waals surface area contributed by atoms with Crippen molar-refractivity contribution in [1.29, 1.82) is 0 Å². The molecule has 38 heavy (non-hydrogen) atoms. The van der Waals surface area contributed by atoms with Gasteiger partial charge in [-0.25, -0.2) is 4.79 Å². The van der Waals surface area contributed by atoms with E-state index in [1.54, 1.807) is 35.2 Å². The van der Waals surface area contributed by atoms with E-state index >= 15 is 0 Å². The van der Waals surface area contributed by atoms with Crippen molar-refractivity contribution in [1.82, 2.24) is 10.2 Å². The van der Waals surface area contributed by atoms with Gasteiger partial charge in [0.15, 0.2) is 11.5 Å². The number of amides is 3. The largest absolute Gasteiger partial charge is 0.491 e. The number of nitrogens with one attached hydrogen (secondary N) is 2. The van der Waals surface area contributed by atoms with Crippen LogP contribution in [0, 0.1) is 5.92 Å². The van der Waals surface area contributed by atoms with Crippen molar-refractivity contribution in [2.45, 2.75) is 51.4 Å². The lowest BCUT2D eigenvalue weighted by molar-refractivity contribution is -0.129. The summed E-state index contributed by atoms with van der Waals surface area (Å²) < 4.78 is 41.4. The predicted octanol–water partition coefficient (Wildman–Crippen LogP) is 2.82. The molecule has 2 aromatic carbocycles. The van der Waals surface area contributed by atoms with Gasteiger partial charge in [-0.05, 0) is 66.0 Å². The molecule has 0 spiro atoms. The van der Waals surface area contributed by atoms with Gasteiger partial charge in [-0.2, -0.15) is 8.78 Å². The third kappa shape index (κ3) is 6.19. The Morgan fingerprint density at radius 2 is 2.03 bits per heavy atom. The fraction of sp³-hybridized carbons (Fsp3) is 0.462. The van der Waals surface area contributed by atoms with Crippen molar-refractivity contribution in [3.8, 4) is 11.5 Å². The number of benzene rings is 2. The van der Waals surface area contributed by atoms with Gasteiger partial charge in [0.1, 0.15) is 0 Å². The zero-order valence-corrected chi connectivity index (χ0v) is 21.0. The van der Waals surface area contributed by atoms with Crippen LogP contribution in [0.1, 0.15) is 43.2 Å². The molecule has 2 aromatic rings. The number of urea groups is 1. The van der Waals surface area contributed by atoms with Gasteiger partial charge in [-0.3, -0.25) is 4.79 Å². The summed E-state index contributed by atoms with van der Waals surface area (Å²) in [5.74, 6) is 0.544. The molecule has 0 bridgehead atoms. The molecule has 2 fully saturated rings. The highest BCUT2D eigenvalue weighted by Crippen LogP contribution is 2.38. The predicted molar refractivity (Wildman–Crippen MR) is 136 cm³/mol. The molecule has 1 saturated carbocycles. The minimum Gasteiger partial charge on any atom is -0.489 e. The Kier molecular flexibility index (Phi) is 7.71. The van der Waals surface area contributed by atoms with Crippen LogP contribution in [-0.2, 0) is 16.1 Å². The Hall–Kier alpha value is -3.38. The van der Waals surface area contributed by atoms with Crippen LogP contribution >= 0.6 is 0 Å². The van der Waals surface area contributed by atoms with Crippen LogP contribution < -0.4 is 25.6 Å². The average Bonchev–Trinajstić information content (AvgIpc) is 3.49. The maximum Gasteiger partial charge on any atom is 0.491 e. The molecule has 3 amide bonds. The van der Waals surface area contributed by atoms with Gasteiger partial charge < -0.3 is 34.7 Å². The maximum absolute atomic E-state index is 12.9. The number of hydrogen-bond acceptors (Lipinski definition) is 6. The summed E-state index contributed by atoms with van der Waals surface area (Å²) in [5.41, 5.74) is 2.91. The van der Waals surface area contributed by atoms with Crippen LogP contribution in [0.15, 0.2) is 36.4 Å². The lowest BCUT2D eigenvalue weighted by Crippen LogP contribution is -2.43. The number of fused-ring (bicyclic) bond motifs is 1. The van der Waals surface area contributed by atoms with Crippen molar-refractivity contribution < 1.29 is 37.5 Å². The van der Waals surface area contributed by atoms with E-state index in [1.807, 2.05) is 0 Å². The molecule has 2 aliphatic heterocycles. The molecular weight excluding hydrogens is 499 g/mol. The van der Waals surface area contributed by atoms with Gasteiger partial charge >= 0.3 is 19.8 Å².